The van der Waals surface area contributed by atoms with E-state index >= 15 is 0 Å². The van der Waals surface area contributed by atoms with Crippen molar-refractivity contribution in [3.63, 3.8) is 0 Å². The number of hydrogen-bond acceptors (Lipinski definition) is 4. The monoisotopic (exact) mass is 441 g/mol. The number of para-hydroxylation sites is 2. The van der Waals surface area contributed by atoms with Crippen molar-refractivity contribution < 1.29 is 14.1 Å². The number of amides is 1. The summed E-state index contributed by atoms with van der Waals surface area (Å²) >= 11 is 0. The maximum absolute atomic E-state index is 12.7. The second kappa shape index (κ2) is 7.70. The van der Waals surface area contributed by atoms with E-state index in [9.17, 15) is 10.1 Å². The van der Waals surface area contributed by atoms with Crippen LogP contribution < -0.4 is 0 Å². The average molecular weight is 442 g/mol. The summed E-state index contributed by atoms with van der Waals surface area (Å²) in [5.74, 6) is 0.0569. The summed E-state index contributed by atoms with van der Waals surface area (Å²) < 4.78 is 13.4. The number of carbonyl (C=O) groups excluding carboxylic acids is 1. The Labute approximate surface area is 192 Å². The first-order valence-corrected chi connectivity index (χ1v) is 11.3. The first-order chi connectivity index (χ1) is 15.8. The van der Waals surface area contributed by atoms with Crippen molar-refractivity contribution in [1.82, 2.24) is 9.64 Å². The normalized spacial score (nSPS) is 16.5. The molecule has 0 spiro atoms. The van der Waals surface area contributed by atoms with Crippen LogP contribution in [-0.4, -0.2) is 34.4 Å². The van der Waals surface area contributed by atoms with Gasteiger partial charge in [0.2, 0.25) is 0 Å². The Morgan fingerprint density at radius 2 is 1.82 bits per heavy atom. The summed E-state index contributed by atoms with van der Waals surface area (Å²) in [7, 11) is 0. The van der Waals surface area contributed by atoms with Gasteiger partial charge in [-0.15, -0.1) is 0 Å². The van der Waals surface area contributed by atoms with Crippen molar-refractivity contribution in [2.24, 2.45) is 0 Å². The van der Waals surface area contributed by atoms with Gasteiger partial charge in [-0.2, -0.15) is 10.0 Å². The van der Waals surface area contributed by atoms with Gasteiger partial charge in [-0.1, -0.05) is 36.4 Å². The summed E-state index contributed by atoms with van der Waals surface area (Å²) in [4.78, 5) is 14.5. The lowest BCUT2D eigenvalue weighted by atomic mass is 9.86. The largest absolute Gasteiger partial charge is 0.444 e. The molecule has 0 N–H and O–H groups in total. The SMILES string of the molecule is Cc1c(C#N)c(-n2oc3ccccc32)c([C@@H]2CCN(C(=O)OC(C)(C)C)C2)c2ccccc12. The highest BCUT2D eigenvalue weighted by Gasteiger charge is 2.35. The van der Waals surface area contributed by atoms with Gasteiger partial charge in [-0.05, 0) is 68.1 Å². The van der Waals surface area contributed by atoms with Crippen LogP contribution in [0, 0.1) is 18.3 Å². The maximum atomic E-state index is 12.7. The van der Waals surface area contributed by atoms with Crippen molar-refractivity contribution in [3.05, 3.63) is 65.2 Å². The van der Waals surface area contributed by atoms with E-state index in [1.807, 2.05) is 64.1 Å². The minimum Gasteiger partial charge on any atom is -0.444 e. The Balaban J connectivity index is 1.68. The number of rotatable bonds is 2. The molecule has 4 aromatic rings. The average Bonchev–Trinajstić information content (AvgIpc) is 3.24. The van der Waals surface area contributed by atoms with Gasteiger partial charge in [0, 0.05) is 19.0 Å². The van der Waals surface area contributed by atoms with Gasteiger partial charge in [0.25, 0.3) is 0 Å². The lowest BCUT2D eigenvalue weighted by Crippen LogP contribution is -2.35. The third kappa shape index (κ3) is 3.54. The highest BCUT2D eigenvalue weighted by atomic mass is 16.6. The molecule has 2 heterocycles. The van der Waals surface area contributed by atoms with Crippen LogP contribution in [0.1, 0.15) is 49.8 Å². The van der Waals surface area contributed by atoms with Gasteiger partial charge in [-0.25, -0.2) is 4.79 Å². The first kappa shape index (κ1) is 21.1. The van der Waals surface area contributed by atoms with E-state index < -0.39 is 5.60 Å². The molecule has 1 aromatic heterocycles. The van der Waals surface area contributed by atoms with E-state index in [1.54, 1.807) is 9.64 Å². The highest BCUT2D eigenvalue weighted by Crippen LogP contribution is 2.42. The Morgan fingerprint density at radius 1 is 1.12 bits per heavy atom. The summed E-state index contributed by atoms with van der Waals surface area (Å²) in [5.41, 5.74) is 4.56. The Bertz CT molecular complexity index is 1410. The molecule has 6 heteroatoms. The third-order valence-electron chi connectivity index (χ3n) is 6.32. The Kier molecular flexibility index (Phi) is 4.93. The number of likely N-dealkylation sites (tertiary alicyclic amines) is 1. The number of hydrogen-bond donors (Lipinski definition) is 0. The standard InChI is InChI=1S/C27H27N3O3/c1-17-19-9-5-6-10-20(19)24(18-13-14-29(16-18)26(31)32-27(2,3)4)25(21(17)15-28)30-22-11-7-8-12-23(22)33-30/h5-12,18H,13-14,16H2,1-4H3/t18-/m1/s1. The van der Waals surface area contributed by atoms with Crippen LogP contribution in [0.2, 0.25) is 0 Å². The van der Waals surface area contributed by atoms with Crippen molar-refractivity contribution in [3.8, 4) is 11.8 Å². The number of ether oxygens (including phenoxy) is 1. The highest BCUT2D eigenvalue weighted by molar-refractivity contribution is 5.95. The number of aromatic nitrogens is 1. The summed E-state index contributed by atoms with van der Waals surface area (Å²) in [6.45, 7) is 8.77. The molecule has 1 aliphatic heterocycles. The van der Waals surface area contributed by atoms with Gasteiger partial charge < -0.3 is 14.2 Å². The van der Waals surface area contributed by atoms with Crippen LogP contribution in [0.5, 0.6) is 0 Å². The Hall–Kier alpha value is -3.72. The second-order valence-corrected chi connectivity index (χ2v) is 9.69. The molecule has 1 aliphatic rings. The van der Waals surface area contributed by atoms with Gasteiger partial charge >= 0.3 is 6.09 Å². The van der Waals surface area contributed by atoms with Crippen LogP contribution in [0.3, 0.4) is 0 Å². The van der Waals surface area contributed by atoms with E-state index in [0.29, 0.717) is 18.7 Å². The number of benzene rings is 3. The van der Waals surface area contributed by atoms with Gasteiger partial charge in [0.05, 0.1) is 5.56 Å². The molecule has 0 bridgehead atoms. The minimum absolute atomic E-state index is 0.0569. The van der Waals surface area contributed by atoms with E-state index in [1.165, 1.54) is 0 Å². The number of nitrogens with zero attached hydrogens (tertiary/aromatic N) is 3. The molecule has 0 aliphatic carbocycles. The molecule has 33 heavy (non-hydrogen) atoms. The van der Waals surface area contributed by atoms with E-state index in [4.69, 9.17) is 9.26 Å². The van der Waals surface area contributed by atoms with Crippen LogP contribution in [0.4, 0.5) is 4.79 Å². The predicted molar refractivity (Wildman–Crippen MR) is 128 cm³/mol. The molecule has 1 amide bonds. The van der Waals surface area contributed by atoms with Crippen LogP contribution in [0.25, 0.3) is 27.6 Å². The number of fused-ring (bicyclic) bond motifs is 2. The van der Waals surface area contributed by atoms with Crippen LogP contribution in [0.15, 0.2) is 53.1 Å². The molecule has 1 fully saturated rings. The van der Waals surface area contributed by atoms with E-state index in [2.05, 4.69) is 18.2 Å². The summed E-state index contributed by atoms with van der Waals surface area (Å²) in [6, 6.07) is 18.4. The predicted octanol–water partition coefficient (Wildman–Crippen LogP) is 6.28. The summed E-state index contributed by atoms with van der Waals surface area (Å²) in [5, 5.41) is 12.3. The smallest absolute Gasteiger partial charge is 0.410 e. The maximum Gasteiger partial charge on any atom is 0.410 e. The first-order valence-electron chi connectivity index (χ1n) is 11.3. The Morgan fingerprint density at radius 3 is 2.52 bits per heavy atom. The fourth-order valence-corrected chi connectivity index (χ4v) is 4.85. The molecule has 0 unspecified atom stereocenters. The molecular formula is C27H27N3O3. The van der Waals surface area contributed by atoms with Crippen LogP contribution in [-0.2, 0) is 4.74 Å². The summed E-state index contributed by atoms with van der Waals surface area (Å²) in [6.07, 6.45) is 0.494. The lowest BCUT2D eigenvalue weighted by Gasteiger charge is -2.26. The fourth-order valence-electron chi connectivity index (χ4n) is 4.85. The van der Waals surface area contributed by atoms with Gasteiger partial charge in [0.15, 0.2) is 5.58 Å². The topological polar surface area (TPSA) is 71.4 Å². The molecule has 168 valence electrons. The fraction of sp³-hybridized carbons (Fsp3) is 0.333. The molecule has 5 rings (SSSR count). The molecule has 3 aromatic carbocycles. The zero-order chi connectivity index (χ0) is 23.3. The van der Waals surface area contributed by atoms with Crippen molar-refractivity contribution in [2.75, 3.05) is 13.1 Å². The number of aryl methyl sites for hydroxylation is 1. The third-order valence-corrected chi connectivity index (χ3v) is 6.32. The second-order valence-electron chi connectivity index (χ2n) is 9.69. The number of carbonyl (C=O) groups is 1. The van der Waals surface area contributed by atoms with Crippen molar-refractivity contribution in [1.29, 1.82) is 5.26 Å². The molecule has 1 atom stereocenters. The molecule has 0 radical (unpaired) electrons. The van der Waals surface area contributed by atoms with Gasteiger partial charge in [-0.3, -0.25) is 0 Å². The molecule has 6 nitrogen and oxygen atoms in total. The zero-order valence-electron chi connectivity index (χ0n) is 19.4. The minimum atomic E-state index is -0.542. The van der Waals surface area contributed by atoms with E-state index in [0.717, 1.165) is 45.1 Å². The molecule has 0 saturated carbocycles. The van der Waals surface area contributed by atoms with Crippen LogP contribution >= 0.6 is 0 Å². The lowest BCUT2D eigenvalue weighted by molar-refractivity contribution is 0.0292. The number of nitriles is 1. The van der Waals surface area contributed by atoms with Crippen molar-refractivity contribution in [2.45, 2.75) is 45.6 Å². The molecule has 1 saturated heterocycles. The quantitative estimate of drug-likeness (QED) is 0.367. The van der Waals surface area contributed by atoms with Gasteiger partial charge in [0.1, 0.15) is 22.9 Å². The van der Waals surface area contributed by atoms with E-state index in [-0.39, 0.29) is 12.0 Å². The zero-order valence-corrected chi connectivity index (χ0v) is 19.4. The molecular weight excluding hydrogens is 414 g/mol. The van der Waals surface area contributed by atoms with Crippen molar-refractivity contribution >= 4 is 28.0 Å².